The molecule has 0 atom stereocenters. The molecule has 0 radical (unpaired) electrons. The number of phenolic OH excluding ortho intramolecular Hbond substituents is 2. The molecule has 2 N–H and O–H groups in total. The average molecular weight is 395 g/mol. The number of ether oxygens (including phenoxy) is 2. The van der Waals surface area contributed by atoms with Gasteiger partial charge in [-0.15, -0.1) is 0 Å². The summed E-state index contributed by atoms with van der Waals surface area (Å²) in [5.41, 5.74) is 1.99. The van der Waals surface area contributed by atoms with Gasteiger partial charge in [-0.25, -0.2) is 4.79 Å². The normalized spacial score (nSPS) is 13.5. The summed E-state index contributed by atoms with van der Waals surface area (Å²) in [5, 5.41) is 20.1. The maximum Gasteiger partial charge on any atom is 0.347 e. The van der Waals surface area contributed by atoms with Crippen LogP contribution in [-0.2, 0) is 0 Å². The minimum Gasteiger partial charge on any atom is -0.508 e. The third-order valence-corrected chi connectivity index (χ3v) is 5.28. The zero-order valence-corrected chi connectivity index (χ0v) is 16.0. The predicted octanol–water partition coefficient (Wildman–Crippen LogP) is 5.77. The summed E-state index contributed by atoms with van der Waals surface area (Å²) >= 11 is 12.3. The molecule has 0 amide bonds. The van der Waals surface area contributed by atoms with Crippen molar-refractivity contribution < 1.29 is 24.5 Å². The molecule has 0 unspecified atom stereocenters. The van der Waals surface area contributed by atoms with Crippen molar-refractivity contribution in [3.05, 3.63) is 44.4 Å². The van der Waals surface area contributed by atoms with Crippen molar-refractivity contribution in [1.82, 2.24) is 0 Å². The number of hydrogen-bond donors (Lipinski definition) is 2. The highest BCUT2D eigenvalue weighted by molar-refractivity contribution is 6.39. The largest absolute Gasteiger partial charge is 0.508 e. The second-order valence-electron chi connectivity index (χ2n) is 6.00. The fraction of sp³-hybridized carbons (Fsp3) is 0.211. The third kappa shape index (κ3) is 2.59. The summed E-state index contributed by atoms with van der Waals surface area (Å²) in [4.78, 5) is 12.7. The van der Waals surface area contributed by atoms with Crippen molar-refractivity contribution >= 4 is 34.7 Å². The lowest BCUT2D eigenvalue weighted by molar-refractivity contribution is 0.0735. The van der Waals surface area contributed by atoms with E-state index in [1.165, 1.54) is 6.07 Å². The molecule has 0 saturated heterocycles. The number of halogens is 2. The van der Waals surface area contributed by atoms with Gasteiger partial charge < -0.3 is 19.7 Å². The molecule has 3 rings (SSSR count). The zero-order chi connectivity index (χ0) is 19.3. The number of allylic oxidation sites excluding steroid dienone is 2. The number of hydrogen-bond acceptors (Lipinski definition) is 5. The van der Waals surface area contributed by atoms with Crippen molar-refractivity contribution in [2.75, 3.05) is 0 Å². The molecule has 26 heavy (non-hydrogen) atoms. The molecule has 0 spiro atoms. The van der Waals surface area contributed by atoms with Gasteiger partial charge >= 0.3 is 5.97 Å². The molecule has 5 nitrogen and oxygen atoms in total. The molecule has 1 aliphatic heterocycles. The van der Waals surface area contributed by atoms with E-state index in [9.17, 15) is 15.0 Å². The van der Waals surface area contributed by atoms with E-state index in [1.54, 1.807) is 13.8 Å². The van der Waals surface area contributed by atoms with Gasteiger partial charge in [0, 0.05) is 11.1 Å². The Morgan fingerprint density at radius 3 is 2.31 bits per heavy atom. The highest BCUT2D eigenvalue weighted by atomic mass is 35.5. The van der Waals surface area contributed by atoms with Crippen LogP contribution in [0.2, 0.25) is 10.0 Å². The summed E-state index contributed by atoms with van der Waals surface area (Å²) in [7, 11) is 0. The fourth-order valence-electron chi connectivity index (χ4n) is 2.75. The van der Waals surface area contributed by atoms with E-state index in [4.69, 9.17) is 32.7 Å². The van der Waals surface area contributed by atoms with Crippen molar-refractivity contribution in [3.63, 3.8) is 0 Å². The Hall–Kier alpha value is -2.37. The standard InChI is InChI=1S/C19H16Cl2O5/c1-5-7(2)10-6-11(22)8(3)16-17(10)25-18-12(19(24)26-16)9(4)13(20)15(23)14(18)21/h5-6,22-23H,1-4H3. The molecule has 2 aromatic rings. The Labute approximate surface area is 160 Å². The molecule has 0 bridgehead atoms. The summed E-state index contributed by atoms with van der Waals surface area (Å²) in [6.45, 7) is 6.82. The van der Waals surface area contributed by atoms with Crippen LogP contribution in [0.3, 0.4) is 0 Å². The molecule has 2 aromatic carbocycles. The summed E-state index contributed by atoms with van der Waals surface area (Å²) in [6, 6.07) is 1.53. The molecule has 0 fully saturated rings. The number of fused-ring (bicyclic) bond motifs is 2. The lowest BCUT2D eigenvalue weighted by Crippen LogP contribution is -2.10. The maximum absolute atomic E-state index is 12.7. The van der Waals surface area contributed by atoms with Crippen LogP contribution < -0.4 is 9.47 Å². The van der Waals surface area contributed by atoms with Crippen molar-refractivity contribution in [2.24, 2.45) is 0 Å². The minimum atomic E-state index is -0.738. The van der Waals surface area contributed by atoms with E-state index >= 15 is 0 Å². The number of carbonyl (C=O) groups is 1. The van der Waals surface area contributed by atoms with Crippen molar-refractivity contribution in [1.29, 1.82) is 0 Å². The Balaban J connectivity index is 2.40. The molecule has 0 aromatic heterocycles. The average Bonchev–Trinajstić information content (AvgIpc) is 2.77. The number of phenols is 2. The van der Waals surface area contributed by atoms with Gasteiger partial charge in [0.1, 0.15) is 16.3 Å². The van der Waals surface area contributed by atoms with E-state index in [0.29, 0.717) is 11.1 Å². The summed E-state index contributed by atoms with van der Waals surface area (Å²) < 4.78 is 11.5. The van der Waals surface area contributed by atoms with Crippen molar-refractivity contribution in [3.8, 4) is 28.7 Å². The third-order valence-electron chi connectivity index (χ3n) is 4.46. The van der Waals surface area contributed by atoms with Crippen LogP contribution in [0.4, 0.5) is 0 Å². The van der Waals surface area contributed by atoms with Crippen molar-refractivity contribution in [2.45, 2.75) is 27.7 Å². The first-order chi connectivity index (χ1) is 12.2. The minimum absolute atomic E-state index is 0.0250. The van der Waals surface area contributed by atoms with E-state index in [0.717, 1.165) is 5.57 Å². The van der Waals surface area contributed by atoms with Gasteiger partial charge in [0.05, 0.1) is 5.02 Å². The van der Waals surface area contributed by atoms with Crippen LogP contribution in [0.15, 0.2) is 12.1 Å². The van der Waals surface area contributed by atoms with Gasteiger partial charge in [-0.1, -0.05) is 29.3 Å². The first-order valence-corrected chi connectivity index (χ1v) is 8.55. The molecule has 0 saturated carbocycles. The van der Waals surface area contributed by atoms with Crippen LogP contribution in [0.25, 0.3) is 5.57 Å². The molecule has 136 valence electrons. The first-order valence-electron chi connectivity index (χ1n) is 7.79. The smallest absolute Gasteiger partial charge is 0.347 e. The zero-order valence-electron chi connectivity index (χ0n) is 14.5. The Morgan fingerprint density at radius 1 is 1.04 bits per heavy atom. The monoisotopic (exact) mass is 394 g/mol. The topological polar surface area (TPSA) is 76.0 Å². The van der Waals surface area contributed by atoms with E-state index in [1.807, 2.05) is 19.9 Å². The van der Waals surface area contributed by atoms with Gasteiger partial charge in [-0.3, -0.25) is 0 Å². The van der Waals surface area contributed by atoms with Gasteiger partial charge in [-0.05, 0) is 44.9 Å². The van der Waals surface area contributed by atoms with Crippen LogP contribution in [-0.4, -0.2) is 16.2 Å². The van der Waals surface area contributed by atoms with Crippen LogP contribution in [0.5, 0.6) is 28.7 Å². The Bertz CT molecular complexity index is 993. The van der Waals surface area contributed by atoms with E-state index in [-0.39, 0.29) is 49.9 Å². The van der Waals surface area contributed by atoms with Gasteiger partial charge in [0.2, 0.25) is 0 Å². The number of esters is 1. The molecular formula is C19H16Cl2O5. The Kier molecular flexibility index (Phi) is 4.54. The molecule has 1 aliphatic rings. The molecule has 1 heterocycles. The van der Waals surface area contributed by atoms with Crippen LogP contribution in [0, 0.1) is 13.8 Å². The quantitative estimate of drug-likeness (QED) is 0.474. The number of rotatable bonds is 1. The van der Waals surface area contributed by atoms with E-state index < -0.39 is 5.97 Å². The summed E-state index contributed by atoms with van der Waals surface area (Å²) in [5.74, 6) is -0.867. The van der Waals surface area contributed by atoms with Gasteiger partial charge in [0.25, 0.3) is 0 Å². The molecule has 0 aliphatic carbocycles. The highest BCUT2D eigenvalue weighted by Gasteiger charge is 2.33. The lowest BCUT2D eigenvalue weighted by atomic mass is 10.0. The van der Waals surface area contributed by atoms with Crippen LogP contribution >= 0.6 is 23.2 Å². The first kappa shape index (κ1) is 18.4. The van der Waals surface area contributed by atoms with Crippen LogP contribution in [0.1, 0.15) is 40.9 Å². The second kappa shape index (κ2) is 6.41. The number of benzene rings is 2. The Morgan fingerprint density at radius 2 is 1.69 bits per heavy atom. The predicted molar refractivity (Wildman–Crippen MR) is 100 cm³/mol. The fourth-order valence-corrected chi connectivity index (χ4v) is 3.22. The SMILES string of the molecule is CC=C(C)c1cc(O)c(C)c2c1Oc1c(Cl)c(O)c(Cl)c(C)c1C(=O)O2. The molecule has 7 heteroatoms. The maximum atomic E-state index is 12.7. The highest BCUT2D eigenvalue weighted by Crippen LogP contribution is 2.52. The second-order valence-corrected chi connectivity index (χ2v) is 6.75. The van der Waals surface area contributed by atoms with E-state index in [2.05, 4.69) is 0 Å². The molecular weight excluding hydrogens is 379 g/mol. The van der Waals surface area contributed by atoms with Gasteiger partial charge in [-0.2, -0.15) is 0 Å². The summed E-state index contributed by atoms with van der Waals surface area (Å²) in [6.07, 6.45) is 1.83. The number of carbonyl (C=O) groups excluding carboxylic acids is 1. The van der Waals surface area contributed by atoms with Gasteiger partial charge in [0.15, 0.2) is 23.0 Å². The lowest BCUT2D eigenvalue weighted by Gasteiger charge is -2.17. The number of aromatic hydroxyl groups is 2.